The van der Waals surface area contributed by atoms with E-state index in [4.69, 9.17) is 23.8 Å². The molecule has 1 atom stereocenters. The Morgan fingerprint density at radius 1 is 1.12 bits per heavy atom. The number of H-pyrrole nitrogens is 1. The van der Waals surface area contributed by atoms with Crippen LogP contribution >= 0.6 is 23.8 Å². The number of hydrogen-bond acceptors (Lipinski definition) is 3. The van der Waals surface area contributed by atoms with Gasteiger partial charge in [0.25, 0.3) is 11.5 Å². The zero-order valence-corrected chi connectivity index (χ0v) is 18.9. The summed E-state index contributed by atoms with van der Waals surface area (Å²) in [5.41, 5.74) is 1.43. The molecule has 166 valence electrons. The summed E-state index contributed by atoms with van der Waals surface area (Å²) < 4.78 is 15.4. The van der Waals surface area contributed by atoms with Crippen LogP contribution in [0.2, 0.25) is 5.02 Å². The molecule has 4 aromatic rings. The highest BCUT2D eigenvalue weighted by molar-refractivity contribution is 7.71. The lowest BCUT2D eigenvalue weighted by molar-refractivity contribution is 0.0932. The Balaban J connectivity index is 1.49. The van der Waals surface area contributed by atoms with E-state index >= 15 is 0 Å². The fourth-order valence-corrected chi connectivity index (χ4v) is 4.43. The monoisotopic (exact) mass is 479 g/mol. The molecule has 2 N–H and O–H groups in total. The minimum Gasteiger partial charge on any atom is -0.345 e. The number of benzene rings is 3. The summed E-state index contributed by atoms with van der Waals surface area (Å²) in [7, 11) is 0. The Morgan fingerprint density at radius 2 is 1.85 bits per heavy atom. The lowest BCUT2D eigenvalue weighted by Crippen LogP contribution is -2.30. The number of rotatable bonds is 5. The van der Waals surface area contributed by atoms with E-state index in [-0.39, 0.29) is 22.4 Å². The second-order valence-electron chi connectivity index (χ2n) is 8.12. The SMILES string of the molecule is O=C(NC(c1ccc(Cl)cc1)C1CC1)c1ccc2c(=O)n(-c3ccccc3F)c(=S)[nH]c2c1. The molecular formula is C25H19ClFN3O2S. The number of carbonyl (C=O) groups is 1. The van der Waals surface area contributed by atoms with E-state index in [0.29, 0.717) is 27.4 Å². The van der Waals surface area contributed by atoms with Crippen molar-refractivity contribution in [1.82, 2.24) is 14.9 Å². The van der Waals surface area contributed by atoms with Crippen LogP contribution in [0.15, 0.2) is 71.5 Å². The summed E-state index contributed by atoms with van der Waals surface area (Å²) >= 11 is 11.3. The average molecular weight is 480 g/mol. The first kappa shape index (κ1) is 21.6. The number of amides is 1. The number of para-hydroxylation sites is 1. The van der Waals surface area contributed by atoms with Gasteiger partial charge >= 0.3 is 0 Å². The standard InChI is InChI=1S/C25H19ClFN3O2S/c26-17-10-7-15(8-11-17)22(14-5-6-14)29-23(31)16-9-12-18-20(13-16)28-25(33)30(24(18)32)21-4-2-1-3-19(21)27/h1-4,7-14,22H,5-6H2,(H,28,33)(H,29,31). The molecule has 1 fully saturated rings. The Kier molecular flexibility index (Phi) is 5.60. The zero-order chi connectivity index (χ0) is 23.1. The molecule has 1 amide bonds. The van der Waals surface area contributed by atoms with Gasteiger partial charge in [-0.15, -0.1) is 0 Å². The van der Waals surface area contributed by atoms with Crippen molar-refractivity contribution < 1.29 is 9.18 Å². The Labute approximate surface area is 198 Å². The molecule has 1 heterocycles. The smallest absolute Gasteiger partial charge is 0.266 e. The third-order valence-electron chi connectivity index (χ3n) is 5.86. The van der Waals surface area contributed by atoms with Crippen LogP contribution in [0.3, 0.4) is 0 Å². The molecule has 1 saturated carbocycles. The van der Waals surface area contributed by atoms with Gasteiger partial charge in [-0.05, 0) is 79.0 Å². The third-order valence-corrected chi connectivity index (χ3v) is 6.40. The predicted molar refractivity (Wildman–Crippen MR) is 129 cm³/mol. The molecule has 0 radical (unpaired) electrons. The van der Waals surface area contributed by atoms with E-state index < -0.39 is 11.4 Å². The third kappa shape index (κ3) is 4.21. The van der Waals surface area contributed by atoms with Crippen molar-refractivity contribution in [2.24, 2.45) is 5.92 Å². The first-order valence-electron chi connectivity index (χ1n) is 10.5. The number of carbonyl (C=O) groups excluding carboxylic acids is 1. The minimum absolute atomic E-state index is 0.0483. The van der Waals surface area contributed by atoms with E-state index in [1.165, 1.54) is 12.1 Å². The van der Waals surface area contributed by atoms with Gasteiger partial charge in [0, 0.05) is 10.6 Å². The summed E-state index contributed by atoms with van der Waals surface area (Å²) in [6, 6.07) is 18.0. The van der Waals surface area contributed by atoms with Gasteiger partial charge < -0.3 is 10.3 Å². The first-order chi connectivity index (χ1) is 15.9. The highest BCUT2D eigenvalue weighted by atomic mass is 35.5. The quantitative estimate of drug-likeness (QED) is 0.360. The number of aromatic amines is 1. The number of aromatic nitrogens is 2. The largest absolute Gasteiger partial charge is 0.345 e. The van der Waals surface area contributed by atoms with Crippen molar-refractivity contribution in [3.8, 4) is 5.69 Å². The van der Waals surface area contributed by atoms with Gasteiger partial charge in [-0.25, -0.2) is 8.96 Å². The average Bonchev–Trinajstić information content (AvgIpc) is 3.64. The summed E-state index contributed by atoms with van der Waals surface area (Å²) in [5.74, 6) is -0.418. The maximum Gasteiger partial charge on any atom is 0.266 e. The minimum atomic E-state index is -0.553. The van der Waals surface area contributed by atoms with Gasteiger partial charge in [0.15, 0.2) is 4.77 Å². The van der Waals surface area contributed by atoms with Crippen molar-refractivity contribution in [3.05, 3.63) is 104 Å². The van der Waals surface area contributed by atoms with Gasteiger partial charge in [0.05, 0.1) is 22.6 Å². The molecule has 1 unspecified atom stereocenters. The molecule has 0 saturated heterocycles. The number of fused-ring (bicyclic) bond motifs is 1. The molecule has 5 nitrogen and oxygen atoms in total. The van der Waals surface area contributed by atoms with E-state index in [0.717, 1.165) is 23.0 Å². The van der Waals surface area contributed by atoms with Gasteiger partial charge in [0.2, 0.25) is 0 Å². The number of hydrogen-bond donors (Lipinski definition) is 2. The molecule has 0 spiro atoms. The van der Waals surface area contributed by atoms with Crippen LogP contribution in [-0.2, 0) is 0 Å². The van der Waals surface area contributed by atoms with Crippen LogP contribution in [0.4, 0.5) is 4.39 Å². The van der Waals surface area contributed by atoms with Gasteiger partial charge in [-0.1, -0.05) is 35.9 Å². The van der Waals surface area contributed by atoms with E-state index in [2.05, 4.69) is 10.3 Å². The lowest BCUT2D eigenvalue weighted by Gasteiger charge is -2.19. The van der Waals surface area contributed by atoms with Crippen LogP contribution in [0.1, 0.15) is 34.8 Å². The number of halogens is 2. The molecule has 0 bridgehead atoms. The van der Waals surface area contributed by atoms with Crippen molar-refractivity contribution in [3.63, 3.8) is 0 Å². The molecule has 1 aromatic heterocycles. The van der Waals surface area contributed by atoms with Crippen molar-refractivity contribution in [2.75, 3.05) is 0 Å². The number of nitrogens with one attached hydrogen (secondary N) is 2. The van der Waals surface area contributed by atoms with Gasteiger partial charge in [-0.3, -0.25) is 9.59 Å². The first-order valence-corrected chi connectivity index (χ1v) is 11.3. The van der Waals surface area contributed by atoms with Gasteiger partial charge in [-0.2, -0.15) is 0 Å². The Bertz CT molecular complexity index is 1490. The normalized spacial score (nSPS) is 14.2. The molecule has 5 rings (SSSR count). The van der Waals surface area contributed by atoms with E-state index in [1.54, 1.807) is 30.3 Å². The van der Waals surface area contributed by atoms with Crippen molar-refractivity contribution in [2.45, 2.75) is 18.9 Å². The molecule has 1 aliphatic carbocycles. The molecular weight excluding hydrogens is 461 g/mol. The van der Waals surface area contributed by atoms with Crippen LogP contribution in [0.5, 0.6) is 0 Å². The van der Waals surface area contributed by atoms with Gasteiger partial charge in [0.1, 0.15) is 5.82 Å². The fraction of sp³-hybridized carbons (Fsp3) is 0.160. The van der Waals surface area contributed by atoms with Crippen LogP contribution < -0.4 is 10.9 Å². The summed E-state index contributed by atoms with van der Waals surface area (Å²) in [4.78, 5) is 29.1. The molecule has 1 aliphatic rings. The Hall–Kier alpha value is -3.29. The maximum atomic E-state index is 14.3. The topological polar surface area (TPSA) is 66.9 Å². The second-order valence-corrected chi connectivity index (χ2v) is 8.95. The van der Waals surface area contributed by atoms with Crippen molar-refractivity contribution in [1.29, 1.82) is 0 Å². The van der Waals surface area contributed by atoms with Crippen LogP contribution in [0.25, 0.3) is 16.6 Å². The second kappa shape index (κ2) is 8.57. The Morgan fingerprint density at radius 3 is 2.55 bits per heavy atom. The number of nitrogens with zero attached hydrogens (tertiary/aromatic N) is 1. The zero-order valence-electron chi connectivity index (χ0n) is 17.3. The highest BCUT2D eigenvalue weighted by Gasteiger charge is 2.33. The predicted octanol–water partition coefficient (Wildman–Crippen LogP) is 5.72. The maximum absolute atomic E-state index is 14.3. The van der Waals surface area contributed by atoms with E-state index in [9.17, 15) is 14.0 Å². The highest BCUT2D eigenvalue weighted by Crippen LogP contribution is 2.41. The molecule has 8 heteroatoms. The fourth-order valence-electron chi connectivity index (χ4n) is 4.01. The van der Waals surface area contributed by atoms with Crippen LogP contribution in [0, 0.1) is 16.5 Å². The summed E-state index contributed by atoms with van der Waals surface area (Å²) in [6.45, 7) is 0. The van der Waals surface area contributed by atoms with E-state index in [1.807, 2.05) is 24.3 Å². The molecule has 3 aromatic carbocycles. The molecule has 33 heavy (non-hydrogen) atoms. The lowest BCUT2D eigenvalue weighted by atomic mass is 10.0. The summed E-state index contributed by atoms with van der Waals surface area (Å²) in [6.07, 6.45) is 2.10. The van der Waals surface area contributed by atoms with Crippen LogP contribution in [-0.4, -0.2) is 15.5 Å². The summed E-state index contributed by atoms with van der Waals surface area (Å²) in [5, 5.41) is 4.06. The molecule has 0 aliphatic heterocycles. The van der Waals surface area contributed by atoms with Crippen molar-refractivity contribution >= 4 is 40.6 Å².